The zero-order chi connectivity index (χ0) is 23.8. The number of nitrogens with zero attached hydrogens (tertiary/aromatic N) is 2. The predicted molar refractivity (Wildman–Crippen MR) is 115 cm³/mol. The van der Waals surface area contributed by atoms with E-state index in [1.807, 2.05) is 0 Å². The molecule has 0 aromatic heterocycles. The van der Waals surface area contributed by atoms with Gasteiger partial charge in [0.05, 0.1) is 11.0 Å². The second-order valence-electron chi connectivity index (χ2n) is 7.41. The lowest BCUT2D eigenvalue weighted by Crippen LogP contribution is -2.47. The molecule has 0 aliphatic heterocycles. The van der Waals surface area contributed by atoms with Crippen LogP contribution in [0.3, 0.4) is 0 Å². The fourth-order valence-electron chi connectivity index (χ4n) is 3.49. The van der Waals surface area contributed by atoms with Crippen LogP contribution in [0.15, 0.2) is 29.2 Å². The average Bonchev–Trinajstić information content (AvgIpc) is 3.25. The number of amides is 2. The summed E-state index contributed by atoms with van der Waals surface area (Å²) in [5, 5.41) is 14.2. The third-order valence-corrected chi connectivity index (χ3v) is 7.33. The molecule has 2 N–H and O–H groups in total. The number of benzene rings is 1. The van der Waals surface area contributed by atoms with Crippen molar-refractivity contribution < 1.29 is 27.5 Å². The van der Waals surface area contributed by atoms with Gasteiger partial charge in [-0.1, -0.05) is 13.8 Å². The maximum Gasteiger partial charge on any atom is 0.325 e. The summed E-state index contributed by atoms with van der Waals surface area (Å²) >= 11 is 0. The van der Waals surface area contributed by atoms with Crippen LogP contribution in [0.2, 0.25) is 0 Å². The predicted octanol–water partition coefficient (Wildman–Crippen LogP) is 0.943. The Kier molecular flexibility index (Phi) is 8.74. The van der Waals surface area contributed by atoms with Crippen LogP contribution in [0, 0.1) is 11.3 Å². The summed E-state index contributed by atoms with van der Waals surface area (Å²) in [6.45, 7) is 3.13. The maximum absolute atomic E-state index is 12.5. The van der Waals surface area contributed by atoms with Gasteiger partial charge in [0, 0.05) is 18.7 Å². The van der Waals surface area contributed by atoms with Gasteiger partial charge in [-0.05, 0) is 49.9 Å². The van der Waals surface area contributed by atoms with Crippen molar-refractivity contribution in [2.75, 3.05) is 26.2 Å². The third-order valence-electron chi connectivity index (χ3n) is 5.27. The van der Waals surface area contributed by atoms with Gasteiger partial charge in [-0.3, -0.25) is 14.4 Å². The number of rotatable bonds is 10. The molecule has 0 bridgehead atoms. The molecule has 0 radical (unpaired) electrons. The lowest BCUT2D eigenvalue weighted by Gasteiger charge is -2.21. The largest absolute Gasteiger partial charge is 0.454 e. The van der Waals surface area contributed by atoms with Gasteiger partial charge >= 0.3 is 5.97 Å². The van der Waals surface area contributed by atoms with Crippen LogP contribution in [0.4, 0.5) is 0 Å². The molecule has 32 heavy (non-hydrogen) atoms. The first-order valence-corrected chi connectivity index (χ1v) is 11.9. The highest BCUT2D eigenvalue weighted by Crippen LogP contribution is 2.28. The van der Waals surface area contributed by atoms with Crippen LogP contribution < -0.4 is 10.6 Å². The van der Waals surface area contributed by atoms with Crippen LogP contribution in [-0.4, -0.2) is 62.3 Å². The number of nitriles is 1. The van der Waals surface area contributed by atoms with Crippen molar-refractivity contribution in [3.05, 3.63) is 29.8 Å². The highest BCUT2D eigenvalue weighted by atomic mass is 32.2. The zero-order valence-corrected chi connectivity index (χ0v) is 19.0. The molecule has 1 aromatic carbocycles. The molecule has 0 heterocycles. The number of hydrogen-bond donors (Lipinski definition) is 2. The number of ether oxygens (including phenoxy) is 1. The highest BCUT2D eigenvalue weighted by molar-refractivity contribution is 7.89. The Labute approximate surface area is 188 Å². The van der Waals surface area contributed by atoms with Crippen LogP contribution in [0.5, 0.6) is 0 Å². The first kappa shape index (κ1) is 25.3. The summed E-state index contributed by atoms with van der Waals surface area (Å²) in [6, 6.07) is 7.48. The van der Waals surface area contributed by atoms with Gasteiger partial charge in [0.2, 0.25) is 10.0 Å². The summed E-state index contributed by atoms with van der Waals surface area (Å²) < 4.78 is 31.1. The number of hydrogen-bond acceptors (Lipinski definition) is 7. The van der Waals surface area contributed by atoms with E-state index in [9.17, 15) is 28.1 Å². The smallest absolute Gasteiger partial charge is 0.325 e. The van der Waals surface area contributed by atoms with E-state index in [2.05, 4.69) is 16.7 Å². The van der Waals surface area contributed by atoms with Crippen molar-refractivity contribution in [2.45, 2.75) is 50.0 Å². The second kappa shape index (κ2) is 11.1. The molecule has 1 aromatic rings. The normalized spacial score (nSPS) is 15.1. The van der Waals surface area contributed by atoms with E-state index in [1.165, 1.54) is 28.6 Å². The Morgan fingerprint density at radius 1 is 1.12 bits per heavy atom. The standard InChI is InChI=1S/C21H28N4O6S/c1-3-25(4-2)32(29,30)17-9-7-16(8-10-17)20(28)23-13-19(27)31-14-18(26)24-21(15-22)11-5-6-12-21/h7-10H,3-6,11-14H2,1-2H3,(H,23,28)(H,24,26). The van der Waals surface area contributed by atoms with E-state index in [1.54, 1.807) is 13.8 Å². The third kappa shape index (κ3) is 6.27. The van der Waals surface area contributed by atoms with Crippen molar-refractivity contribution in [1.82, 2.24) is 14.9 Å². The molecule has 1 aliphatic carbocycles. The molecule has 2 amide bonds. The van der Waals surface area contributed by atoms with Crippen LogP contribution in [0.25, 0.3) is 0 Å². The lowest BCUT2D eigenvalue weighted by atomic mass is 10.00. The van der Waals surface area contributed by atoms with E-state index in [0.717, 1.165) is 12.8 Å². The Balaban J connectivity index is 1.82. The highest BCUT2D eigenvalue weighted by Gasteiger charge is 2.35. The van der Waals surface area contributed by atoms with Crippen molar-refractivity contribution in [3.8, 4) is 6.07 Å². The van der Waals surface area contributed by atoms with Gasteiger partial charge < -0.3 is 15.4 Å². The van der Waals surface area contributed by atoms with Crippen LogP contribution in [0.1, 0.15) is 49.9 Å². The molecule has 10 nitrogen and oxygen atoms in total. The van der Waals surface area contributed by atoms with Gasteiger partial charge in [-0.15, -0.1) is 0 Å². The van der Waals surface area contributed by atoms with Gasteiger partial charge in [-0.25, -0.2) is 8.42 Å². The Hall–Kier alpha value is -2.97. The minimum atomic E-state index is -3.63. The van der Waals surface area contributed by atoms with E-state index in [4.69, 9.17) is 4.74 Å². The monoisotopic (exact) mass is 464 g/mol. The van der Waals surface area contributed by atoms with Gasteiger partial charge in [0.25, 0.3) is 11.8 Å². The molecule has 0 unspecified atom stereocenters. The van der Waals surface area contributed by atoms with E-state index in [0.29, 0.717) is 25.9 Å². The summed E-state index contributed by atoms with van der Waals surface area (Å²) in [7, 11) is -3.63. The van der Waals surface area contributed by atoms with Crippen molar-refractivity contribution in [2.24, 2.45) is 0 Å². The number of nitrogens with one attached hydrogen (secondary N) is 2. The first-order valence-electron chi connectivity index (χ1n) is 10.4. The number of carbonyl (C=O) groups excluding carboxylic acids is 3. The minimum absolute atomic E-state index is 0.0700. The van der Waals surface area contributed by atoms with E-state index >= 15 is 0 Å². The van der Waals surface area contributed by atoms with Gasteiger partial charge in [-0.2, -0.15) is 9.57 Å². The Morgan fingerprint density at radius 2 is 1.72 bits per heavy atom. The molecular weight excluding hydrogens is 436 g/mol. The molecule has 2 rings (SSSR count). The topological polar surface area (TPSA) is 146 Å². The number of sulfonamides is 1. The molecule has 1 aliphatic rings. The molecule has 0 saturated heterocycles. The lowest BCUT2D eigenvalue weighted by molar-refractivity contribution is -0.147. The van der Waals surface area contributed by atoms with Crippen molar-refractivity contribution >= 4 is 27.8 Å². The molecule has 0 atom stereocenters. The number of carbonyl (C=O) groups is 3. The molecule has 1 saturated carbocycles. The van der Waals surface area contributed by atoms with Crippen molar-refractivity contribution in [1.29, 1.82) is 5.26 Å². The molecule has 1 fully saturated rings. The SMILES string of the molecule is CCN(CC)S(=O)(=O)c1ccc(C(=O)NCC(=O)OCC(=O)NC2(C#N)CCCC2)cc1. The van der Waals surface area contributed by atoms with Crippen LogP contribution in [-0.2, 0) is 24.3 Å². The van der Waals surface area contributed by atoms with E-state index in [-0.39, 0.29) is 10.5 Å². The summed E-state index contributed by atoms with van der Waals surface area (Å²) in [5.41, 5.74) is -0.728. The average molecular weight is 465 g/mol. The van der Waals surface area contributed by atoms with Gasteiger partial charge in [0.1, 0.15) is 12.1 Å². The van der Waals surface area contributed by atoms with E-state index < -0.39 is 46.5 Å². The van der Waals surface area contributed by atoms with Crippen molar-refractivity contribution in [3.63, 3.8) is 0 Å². The molecule has 11 heteroatoms. The fourth-order valence-corrected chi connectivity index (χ4v) is 4.95. The Bertz CT molecular complexity index is 975. The quantitative estimate of drug-likeness (QED) is 0.490. The molecule has 0 spiro atoms. The minimum Gasteiger partial charge on any atom is -0.454 e. The summed E-state index contributed by atoms with van der Waals surface area (Å²) in [6.07, 6.45) is 2.83. The molecule has 174 valence electrons. The van der Waals surface area contributed by atoms with Gasteiger partial charge in [0.15, 0.2) is 6.61 Å². The maximum atomic E-state index is 12.5. The number of esters is 1. The summed E-state index contributed by atoms with van der Waals surface area (Å²) in [4.78, 5) is 36.1. The first-order chi connectivity index (χ1) is 15.2. The van der Waals surface area contributed by atoms with Crippen LogP contribution >= 0.6 is 0 Å². The second-order valence-corrected chi connectivity index (χ2v) is 9.34. The fraction of sp³-hybridized carbons (Fsp3) is 0.524. The summed E-state index contributed by atoms with van der Waals surface area (Å²) in [5.74, 6) is -1.97. The molecular formula is C21H28N4O6S. The zero-order valence-electron chi connectivity index (χ0n) is 18.2. The Morgan fingerprint density at radius 3 is 2.25 bits per heavy atom.